The minimum Gasteiger partial charge on any atom is -0.481 e. The summed E-state index contributed by atoms with van der Waals surface area (Å²) in [7, 11) is 0. The molecule has 1 aromatic heterocycles. The Kier molecular flexibility index (Phi) is 6.24. The van der Waals surface area contributed by atoms with Gasteiger partial charge in [0.2, 0.25) is 0 Å². The molecular weight excluding hydrogens is 478 g/mol. The van der Waals surface area contributed by atoms with Crippen LogP contribution in [-0.4, -0.2) is 26.9 Å². The van der Waals surface area contributed by atoms with Crippen LogP contribution < -0.4 is 5.32 Å². The van der Waals surface area contributed by atoms with E-state index in [1.54, 1.807) is 29.9 Å². The molecule has 8 heteroatoms. The highest BCUT2D eigenvalue weighted by atomic mass is 35.5. The summed E-state index contributed by atoms with van der Waals surface area (Å²) in [5, 5.41) is 17.1. The van der Waals surface area contributed by atoms with Crippen LogP contribution in [-0.2, 0) is 14.9 Å². The third-order valence-electron chi connectivity index (χ3n) is 6.54. The molecule has 4 aromatic rings. The Labute approximate surface area is 213 Å². The average Bonchev–Trinajstić information content (AvgIpc) is 3.58. The number of hydrogen-bond acceptors (Lipinski definition) is 4. The first kappa shape index (κ1) is 23.6. The number of anilines is 1. The number of halogens is 1. The van der Waals surface area contributed by atoms with Crippen LogP contribution in [0, 0.1) is 0 Å². The summed E-state index contributed by atoms with van der Waals surface area (Å²) in [5.41, 5.74) is 3.60. The van der Waals surface area contributed by atoms with E-state index in [1.165, 1.54) is 0 Å². The van der Waals surface area contributed by atoms with Crippen molar-refractivity contribution >= 4 is 29.5 Å². The van der Waals surface area contributed by atoms with Crippen molar-refractivity contribution in [2.24, 2.45) is 0 Å². The Hall–Kier alpha value is -4.10. The fourth-order valence-corrected chi connectivity index (χ4v) is 4.58. The number of hydrogen-bond donors (Lipinski definition) is 2. The summed E-state index contributed by atoms with van der Waals surface area (Å²) >= 11 is 6.20. The minimum atomic E-state index is -0.759. The lowest BCUT2D eigenvalue weighted by molar-refractivity contribution is -0.140. The van der Waals surface area contributed by atoms with Gasteiger partial charge in [0.25, 0.3) is 0 Å². The molecule has 1 aliphatic carbocycles. The molecule has 0 spiro atoms. The van der Waals surface area contributed by atoms with E-state index in [4.69, 9.17) is 16.3 Å². The van der Waals surface area contributed by atoms with Gasteiger partial charge < -0.3 is 9.84 Å². The maximum atomic E-state index is 12.5. The lowest BCUT2D eigenvalue weighted by atomic mass is 9.94. The molecule has 0 saturated heterocycles. The molecule has 0 bridgehead atoms. The minimum absolute atomic E-state index is 0.465. The Morgan fingerprint density at radius 1 is 1.00 bits per heavy atom. The lowest BCUT2D eigenvalue weighted by Gasteiger charge is -2.16. The average molecular weight is 502 g/mol. The summed E-state index contributed by atoms with van der Waals surface area (Å²) in [5.74, 6) is -0.294. The molecule has 0 radical (unpaired) electrons. The monoisotopic (exact) mass is 501 g/mol. The fraction of sp³-hybridized carbons (Fsp3) is 0.179. The van der Waals surface area contributed by atoms with E-state index in [0.717, 1.165) is 27.9 Å². The fourth-order valence-electron chi connectivity index (χ4n) is 4.29. The highest BCUT2D eigenvalue weighted by Crippen LogP contribution is 2.48. The molecule has 1 heterocycles. The van der Waals surface area contributed by atoms with E-state index >= 15 is 0 Å². The number of aliphatic carboxylic acids is 1. The molecule has 1 atom stereocenters. The highest BCUT2D eigenvalue weighted by Gasteiger charge is 2.51. The molecule has 0 unspecified atom stereocenters. The van der Waals surface area contributed by atoms with Crippen molar-refractivity contribution in [2.75, 3.05) is 5.32 Å². The van der Waals surface area contributed by atoms with Gasteiger partial charge >= 0.3 is 12.1 Å². The van der Waals surface area contributed by atoms with Gasteiger partial charge in [0.15, 0.2) is 0 Å². The zero-order chi connectivity index (χ0) is 25.3. The second-order valence-electron chi connectivity index (χ2n) is 8.83. The van der Waals surface area contributed by atoms with Crippen LogP contribution in [0.25, 0.3) is 16.8 Å². The van der Waals surface area contributed by atoms with Gasteiger partial charge in [0.1, 0.15) is 11.9 Å². The molecule has 1 saturated carbocycles. The Bertz CT molecular complexity index is 1410. The van der Waals surface area contributed by atoms with Gasteiger partial charge in [0.05, 0.1) is 17.3 Å². The molecule has 7 nitrogen and oxygen atoms in total. The predicted molar refractivity (Wildman–Crippen MR) is 138 cm³/mol. The van der Waals surface area contributed by atoms with Crippen molar-refractivity contribution in [1.82, 2.24) is 9.78 Å². The van der Waals surface area contributed by atoms with Crippen LogP contribution in [0.5, 0.6) is 0 Å². The molecule has 36 heavy (non-hydrogen) atoms. The van der Waals surface area contributed by atoms with Gasteiger partial charge in [0, 0.05) is 16.7 Å². The summed E-state index contributed by atoms with van der Waals surface area (Å²) in [6.45, 7) is 1.76. The van der Waals surface area contributed by atoms with Crippen LogP contribution >= 0.6 is 11.6 Å². The van der Waals surface area contributed by atoms with Crippen molar-refractivity contribution in [3.05, 3.63) is 101 Å². The molecule has 1 amide bonds. The van der Waals surface area contributed by atoms with Crippen molar-refractivity contribution in [3.8, 4) is 16.8 Å². The third-order valence-corrected chi connectivity index (χ3v) is 6.89. The van der Waals surface area contributed by atoms with Gasteiger partial charge in [-0.15, -0.1) is 0 Å². The number of carbonyl (C=O) groups is 2. The van der Waals surface area contributed by atoms with Crippen molar-refractivity contribution < 1.29 is 19.4 Å². The van der Waals surface area contributed by atoms with Gasteiger partial charge in [-0.2, -0.15) is 5.10 Å². The molecule has 3 aromatic carbocycles. The van der Waals surface area contributed by atoms with Crippen molar-refractivity contribution in [3.63, 3.8) is 0 Å². The molecule has 5 rings (SSSR count). The zero-order valence-electron chi connectivity index (χ0n) is 19.5. The molecule has 182 valence electrons. The quantitative estimate of drug-likeness (QED) is 0.297. The van der Waals surface area contributed by atoms with Gasteiger partial charge in [-0.1, -0.05) is 66.2 Å². The highest BCUT2D eigenvalue weighted by molar-refractivity contribution is 6.31. The summed E-state index contributed by atoms with van der Waals surface area (Å²) in [6.07, 6.45) is 1.82. The zero-order valence-corrected chi connectivity index (χ0v) is 20.3. The molecular formula is C28H24ClN3O4. The standard InChI is InChI=1S/C28H24ClN3O4/c1-18(23-4-2-3-5-24(23)29)36-27(35)31-25-14-17-30-32(25)22-12-8-20(9-13-22)19-6-10-21(11-7-19)28(15-16-28)26(33)34/h2-14,17-18H,15-16H2,1H3,(H,31,35)(H,33,34)/t18-/m1/s1. The number of carboxylic acid groups (broad SMARTS) is 1. The number of carboxylic acids is 1. The Morgan fingerprint density at radius 2 is 1.64 bits per heavy atom. The molecule has 2 N–H and O–H groups in total. The third kappa shape index (κ3) is 4.57. The number of nitrogens with zero attached hydrogens (tertiary/aromatic N) is 2. The number of amides is 1. The van der Waals surface area contributed by atoms with Gasteiger partial charge in [-0.05, 0) is 54.7 Å². The smallest absolute Gasteiger partial charge is 0.413 e. The van der Waals surface area contributed by atoms with Crippen LogP contribution in [0.4, 0.5) is 10.6 Å². The molecule has 1 aliphatic rings. The number of ether oxygens (including phenoxy) is 1. The number of aromatic nitrogens is 2. The van der Waals surface area contributed by atoms with E-state index in [-0.39, 0.29) is 0 Å². The van der Waals surface area contributed by atoms with Crippen molar-refractivity contribution in [1.29, 1.82) is 0 Å². The van der Waals surface area contributed by atoms with Gasteiger partial charge in [-0.3, -0.25) is 10.1 Å². The maximum absolute atomic E-state index is 12.5. The van der Waals surface area contributed by atoms with Crippen molar-refractivity contribution in [2.45, 2.75) is 31.3 Å². The first-order valence-corrected chi connectivity index (χ1v) is 12.0. The summed E-state index contributed by atoms with van der Waals surface area (Å²) in [6, 6.07) is 24.3. The van der Waals surface area contributed by atoms with Gasteiger partial charge in [-0.25, -0.2) is 9.48 Å². The van der Waals surface area contributed by atoms with Crippen LogP contribution in [0.1, 0.15) is 37.0 Å². The van der Waals surface area contributed by atoms with E-state index in [1.807, 2.05) is 66.7 Å². The summed E-state index contributed by atoms with van der Waals surface area (Å²) < 4.78 is 7.11. The number of rotatable bonds is 7. The normalized spacial score (nSPS) is 14.6. The number of carbonyl (C=O) groups excluding carboxylic acids is 1. The van der Waals surface area contributed by atoms with E-state index < -0.39 is 23.6 Å². The van der Waals surface area contributed by atoms with E-state index in [9.17, 15) is 14.7 Å². The second kappa shape index (κ2) is 9.51. The maximum Gasteiger partial charge on any atom is 0.413 e. The first-order chi connectivity index (χ1) is 17.4. The SMILES string of the molecule is C[C@@H](OC(=O)Nc1ccnn1-c1ccc(-c2ccc(C3(C(=O)O)CC3)cc2)cc1)c1ccccc1Cl. The first-order valence-electron chi connectivity index (χ1n) is 11.6. The topological polar surface area (TPSA) is 93.5 Å². The Morgan fingerprint density at radius 3 is 2.25 bits per heavy atom. The molecule has 1 fully saturated rings. The second-order valence-corrected chi connectivity index (χ2v) is 9.24. The van der Waals surface area contributed by atoms with Crippen LogP contribution in [0.3, 0.4) is 0 Å². The van der Waals surface area contributed by atoms with Crippen LogP contribution in [0.2, 0.25) is 5.02 Å². The van der Waals surface area contributed by atoms with Crippen LogP contribution in [0.15, 0.2) is 85.1 Å². The largest absolute Gasteiger partial charge is 0.481 e. The van der Waals surface area contributed by atoms with E-state index in [2.05, 4.69) is 10.4 Å². The number of nitrogens with one attached hydrogen (secondary N) is 1. The molecule has 0 aliphatic heterocycles. The van der Waals surface area contributed by atoms with E-state index in [0.29, 0.717) is 23.7 Å². The summed E-state index contributed by atoms with van der Waals surface area (Å²) in [4.78, 5) is 24.1. The lowest BCUT2D eigenvalue weighted by Crippen LogP contribution is -2.19. The Balaban J connectivity index is 1.27. The number of benzene rings is 3. The predicted octanol–water partition coefficient (Wildman–Crippen LogP) is 6.62.